The predicted octanol–water partition coefficient (Wildman–Crippen LogP) is 3.34. The molecule has 4 rings (SSSR count). The molecule has 8 heteroatoms. The molecule has 1 N–H and O–H groups in total. The number of benzene rings is 1. The number of rotatable bonds is 6. The molecule has 2 saturated heterocycles. The third-order valence-corrected chi connectivity index (χ3v) is 5.27. The normalized spacial score (nSPS) is 19.0. The minimum absolute atomic E-state index is 0.0663. The first-order valence-corrected chi connectivity index (χ1v) is 9.55. The Morgan fingerprint density at radius 2 is 2.11 bits per heavy atom. The SMILES string of the molecule is O=C1N[C@H](CCC(=O)N2CC(c3ccc(Oc4ccccc4Cl)nc3)C2)CO1. The van der Waals surface area contributed by atoms with Crippen molar-refractivity contribution >= 4 is 23.6 Å². The summed E-state index contributed by atoms with van der Waals surface area (Å²) in [5.74, 6) is 1.42. The van der Waals surface area contributed by atoms with Crippen molar-refractivity contribution in [2.75, 3.05) is 19.7 Å². The molecule has 2 amide bonds. The van der Waals surface area contributed by atoms with E-state index < -0.39 is 6.09 Å². The number of amides is 2. The quantitative estimate of drug-likeness (QED) is 0.802. The van der Waals surface area contributed by atoms with Crippen molar-refractivity contribution in [1.82, 2.24) is 15.2 Å². The number of alkyl carbamates (subject to hydrolysis) is 1. The molecule has 0 saturated carbocycles. The molecule has 2 aromatic rings. The van der Waals surface area contributed by atoms with Gasteiger partial charge in [0.25, 0.3) is 0 Å². The maximum absolute atomic E-state index is 12.3. The van der Waals surface area contributed by atoms with Gasteiger partial charge in [0.1, 0.15) is 12.4 Å². The number of nitrogens with one attached hydrogen (secondary N) is 1. The van der Waals surface area contributed by atoms with E-state index in [1.807, 2.05) is 29.2 Å². The van der Waals surface area contributed by atoms with E-state index in [2.05, 4.69) is 10.3 Å². The molecule has 0 radical (unpaired) electrons. The summed E-state index contributed by atoms with van der Waals surface area (Å²) >= 11 is 6.09. The number of hydrogen-bond donors (Lipinski definition) is 1. The second-order valence-corrected chi connectivity index (χ2v) is 7.34. The van der Waals surface area contributed by atoms with E-state index in [0.29, 0.717) is 49.2 Å². The smallest absolute Gasteiger partial charge is 0.407 e. The van der Waals surface area contributed by atoms with Crippen molar-refractivity contribution < 1.29 is 19.1 Å². The maximum Gasteiger partial charge on any atom is 0.407 e. The molecule has 3 heterocycles. The van der Waals surface area contributed by atoms with Crippen LogP contribution in [-0.2, 0) is 9.53 Å². The molecule has 1 atom stereocenters. The van der Waals surface area contributed by atoms with Gasteiger partial charge in [-0.1, -0.05) is 29.8 Å². The Morgan fingerprint density at radius 1 is 1.29 bits per heavy atom. The van der Waals surface area contributed by atoms with E-state index in [1.54, 1.807) is 18.3 Å². The number of likely N-dealkylation sites (tertiary alicyclic amines) is 1. The van der Waals surface area contributed by atoms with Crippen LogP contribution in [0.3, 0.4) is 0 Å². The number of nitrogens with zero attached hydrogens (tertiary/aromatic N) is 2. The number of carbonyl (C=O) groups is 2. The van der Waals surface area contributed by atoms with E-state index >= 15 is 0 Å². The van der Waals surface area contributed by atoms with Crippen molar-refractivity contribution in [3.8, 4) is 11.6 Å². The third kappa shape index (κ3) is 4.20. The fourth-order valence-electron chi connectivity index (χ4n) is 3.26. The number of cyclic esters (lactones) is 1. The van der Waals surface area contributed by atoms with Crippen molar-refractivity contribution in [2.45, 2.75) is 24.8 Å². The lowest BCUT2D eigenvalue weighted by Gasteiger charge is -2.39. The largest absolute Gasteiger partial charge is 0.447 e. The van der Waals surface area contributed by atoms with E-state index in [0.717, 1.165) is 5.56 Å². The van der Waals surface area contributed by atoms with Crippen LogP contribution >= 0.6 is 11.6 Å². The Balaban J connectivity index is 1.24. The summed E-state index contributed by atoms with van der Waals surface area (Å²) in [7, 11) is 0. The number of pyridine rings is 1. The van der Waals surface area contributed by atoms with Crippen LogP contribution in [0, 0.1) is 0 Å². The second-order valence-electron chi connectivity index (χ2n) is 6.94. The van der Waals surface area contributed by atoms with Gasteiger partial charge in [0.05, 0.1) is 11.1 Å². The van der Waals surface area contributed by atoms with Gasteiger partial charge in [-0.3, -0.25) is 4.79 Å². The summed E-state index contributed by atoms with van der Waals surface area (Å²) in [6, 6.07) is 11.0. The monoisotopic (exact) mass is 401 g/mol. The number of ether oxygens (including phenoxy) is 2. The Morgan fingerprint density at radius 3 is 2.79 bits per heavy atom. The van der Waals surface area contributed by atoms with Crippen LogP contribution in [0.15, 0.2) is 42.6 Å². The van der Waals surface area contributed by atoms with Gasteiger partial charge in [0, 0.05) is 37.7 Å². The molecule has 2 aliphatic rings. The van der Waals surface area contributed by atoms with Gasteiger partial charge in [-0.15, -0.1) is 0 Å². The molecular weight excluding hydrogens is 382 g/mol. The predicted molar refractivity (Wildman–Crippen MR) is 103 cm³/mol. The zero-order chi connectivity index (χ0) is 19.5. The van der Waals surface area contributed by atoms with Gasteiger partial charge < -0.3 is 19.7 Å². The number of hydrogen-bond acceptors (Lipinski definition) is 5. The Bertz CT molecular complexity index is 868. The van der Waals surface area contributed by atoms with Gasteiger partial charge in [-0.05, 0) is 24.1 Å². The van der Waals surface area contributed by atoms with Crippen LogP contribution < -0.4 is 10.1 Å². The molecule has 0 unspecified atom stereocenters. The third-order valence-electron chi connectivity index (χ3n) is 4.96. The number of aromatic nitrogens is 1. The van der Waals surface area contributed by atoms with Crippen molar-refractivity contribution in [1.29, 1.82) is 0 Å². The molecule has 146 valence electrons. The molecule has 0 spiro atoms. The summed E-state index contributed by atoms with van der Waals surface area (Å²) in [6.07, 6.45) is 2.38. The zero-order valence-corrected chi connectivity index (χ0v) is 15.9. The highest BCUT2D eigenvalue weighted by Crippen LogP contribution is 2.31. The van der Waals surface area contributed by atoms with Crippen molar-refractivity contribution in [3.63, 3.8) is 0 Å². The van der Waals surface area contributed by atoms with Gasteiger partial charge in [-0.25, -0.2) is 9.78 Å². The van der Waals surface area contributed by atoms with Crippen LogP contribution in [0.2, 0.25) is 5.02 Å². The highest BCUT2D eigenvalue weighted by molar-refractivity contribution is 6.32. The topological polar surface area (TPSA) is 80.8 Å². The Labute approximate surface area is 167 Å². The van der Waals surface area contributed by atoms with Crippen LogP contribution in [0.5, 0.6) is 11.6 Å². The first-order chi connectivity index (χ1) is 13.6. The minimum atomic E-state index is -0.407. The van der Waals surface area contributed by atoms with Crippen LogP contribution in [-0.4, -0.2) is 47.6 Å². The summed E-state index contributed by atoms with van der Waals surface area (Å²) in [4.78, 5) is 29.4. The molecular formula is C20H20ClN3O4. The van der Waals surface area contributed by atoms with Crippen LogP contribution in [0.1, 0.15) is 24.3 Å². The zero-order valence-electron chi connectivity index (χ0n) is 15.1. The molecule has 0 bridgehead atoms. The first kappa shape index (κ1) is 18.6. The summed E-state index contributed by atoms with van der Waals surface area (Å²) < 4.78 is 10.5. The van der Waals surface area contributed by atoms with Crippen LogP contribution in [0.25, 0.3) is 0 Å². The molecule has 2 aliphatic heterocycles. The average molecular weight is 402 g/mol. The average Bonchev–Trinajstić information content (AvgIpc) is 3.07. The number of carbonyl (C=O) groups excluding carboxylic acids is 2. The van der Waals surface area contributed by atoms with Gasteiger partial charge >= 0.3 is 6.09 Å². The van der Waals surface area contributed by atoms with E-state index in [1.165, 1.54) is 0 Å². The van der Waals surface area contributed by atoms with Gasteiger partial charge in [0.2, 0.25) is 11.8 Å². The molecule has 1 aromatic carbocycles. The van der Waals surface area contributed by atoms with E-state index in [4.69, 9.17) is 21.1 Å². The van der Waals surface area contributed by atoms with Gasteiger partial charge in [-0.2, -0.15) is 0 Å². The molecule has 1 aromatic heterocycles. The van der Waals surface area contributed by atoms with E-state index in [-0.39, 0.29) is 17.9 Å². The lowest BCUT2D eigenvalue weighted by Crippen LogP contribution is -2.48. The van der Waals surface area contributed by atoms with Crippen molar-refractivity contribution in [3.05, 3.63) is 53.2 Å². The van der Waals surface area contributed by atoms with Crippen LogP contribution in [0.4, 0.5) is 4.79 Å². The second kappa shape index (κ2) is 8.06. The molecule has 7 nitrogen and oxygen atoms in total. The fourth-order valence-corrected chi connectivity index (χ4v) is 3.44. The lowest BCUT2D eigenvalue weighted by molar-refractivity contribution is -0.135. The molecule has 2 fully saturated rings. The minimum Gasteiger partial charge on any atom is -0.447 e. The lowest BCUT2D eigenvalue weighted by atomic mass is 9.92. The highest BCUT2D eigenvalue weighted by atomic mass is 35.5. The highest BCUT2D eigenvalue weighted by Gasteiger charge is 2.32. The Hall–Kier alpha value is -2.80. The first-order valence-electron chi connectivity index (χ1n) is 9.18. The summed E-state index contributed by atoms with van der Waals surface area (Å²) in [6.45, 7) is 1.69. The maximum atomic E-state index is 12.3. The van der Waals surface area contributed by atoms with Gasteiger partial charge in [0.15, 0.2) is 0 Å². The Kier molecular flexibility index (Phi) is 5.34. The standard InChI is InChI=1S/C20H20ClN3O4/c21-16-3-1-2-4-17(16)28-18-7-5-13(9-22-18)14-10-24(11-14)19(25)8-6-15-12-27-20(26)23-15/h1-5,7,9,14-15H,6,8,10-12H2,(H,23,26)/t15-/m1/s1. The molecule has 0 aliphatic carbocycles. The molecule has 28 heavy (non-hydrogen) atoms. The van der Waals surface area contributed by atoms with E-state index in [9.17, 15) is 9.59 Å². The summed E-state index contributed by atoms with van der Waals surface area (Å²) in [5.41, 5.74) is 1.08. The summed E-state index contributed by atoms with van der Waals surface area (Å²) in [5, 5.41) is 3.22. The number of halogens is 1. The number of para-hydroxylation sites is 1. The fraction of sp³-hybridized carbons (Fsp3) is 0.350. The van der Waals surface area contributed by atoms with Crippen molar-refractivity contribution in [2.24, 2.45) is 0 Å².